The largest absolute Gasteiger partial charge is 0.363 e. The molecule has 1 N–H and O–H groups in total. The van der Waals surface area contributed by atoms with Crippen molar-refractivity contribution < 1.29 is 4.39 Å². The summed E-state index contributed by atoms with van der Waals surface area (Å²) in [5.41, 5.74) is 1.72. The predicted molar refractivity (Wildman–Crippen MR) is 116 cm³/mol. The molecule has 1 aromatic heterocycles. The molecule has 1 heterocycles. The smallest absolute Gasteiger partial charge is 0.143 e. The fourth-order valence-corrected chi connectivity index (χ4v) is 4.21. The number of hydrogen-bond donors (Lipinski definition) is 1. The summed E-state index contributed by atoms with van der Waals surface area (Å²) in [5.74, 6) is 1.98. The minimum absolute atomic E-state index is 0.126. The van der Waals surface area contributed by atoms with Gasteiger partial charge >= 0.3 is 0 Å². The first kappa shape index (κ1) is 20.6. The number of nitrogens with zero attached hydrogens (tertiary/aromatic N) is 3. The molecule has 4 nitrogen and oxygen atoms in total. The Labute approximate surface area is 171 Å². The highest BCUT2D eigenvalue weighted by Crippen LogP contribution is 2.39. The average molecular weight is 403 g/mol. The van der Waals surface area contributed by atoms with Gasteiger partial charge in [0.05, 0.1) is 11.6 Å². The molecule has 1 saturated carbocycles. The van der Waals surface area contributed by atoms with Crippen LogP contribution in [-0.4, -0.2) is 23.1 Å². The van der Waals surface area contributed by atoms with E-state index in [0.717, 1.165) is 29.3 Å². The normalized spacial score (nSPS) is 20.9. The van der Waals surface area contributed by atoms with Crippen LogP contribution in [0.1, 0.15) is 62.7 Å². The summed E-state index contributed by atoms with van der Waals surface area (Å²) >= 11 is 5.93. The van der Waals surface area contributed by atoms with Crippen molar-refractivity contribution in [2.24, 2.45) is 15.9 Å². The van der Waals surface area contributed by atoms with Gasteiger partial charge in [0, 0.05) is 12.2 Å². The average Bonchev–Trinajstić information content (AvgIpc) is 3.33. The molecule has 150 valence electrons. The van der Waals surface area contributed by atoms with E-state index in [4.69, 9.17) is 11.6 Å². The summed E-state index contributed by atoms with van der Waals surface area (Å²) < 4.78 is 15.8. The van der Waals surface area contributed by atoms with E-state index in [1.54, 1.807) is 6.07 Å². The van der Waals surface area contributed by atoms with Gasteiger partial charge in [0.15, 0.2) is 0 Å². The van der Waals surface area contributed by atoms with Gasteiger partial charge < -0.3 is 9.88 Å². The highest BCUT2D eigenvalue weighted by molar-refractivity contribution is 6.19. The van der Waals surface area contributed by atoms with Crippen LogP contribution in [0.4, 0.5) is 10.2 Å². The van der Waals surface area contributed by atoms with Gasteiger partial charge in [0.1, 0.15) is 23.5 Å². The van der Waals surface area contributed by atoms with Gasteiger partial charge in [0.25, 0.3) is 0 Å². The molecule has 1 aromatic carbocycles. The van der Waals surface area contributed by atoms with Crippen molar-refractivity contribution in [3.8, 4) is 0 Å². The van der Waals surface area contributed by atoms with Crippen LogP contribution in [0.15, 0.2) is 46.5 Å². The molecule has 0 saturated heterocycles. The Morgan fingerprint density at radius 3 is 2.86 bits per heavy atom. The Bertz CT molecular complexity index is 845. The zero-order valence-corrected chi connectivity index (χ0v) is 17.3. The number of benzene rings is 1. The summed E-state index contributed by atoms with van der Waals surface area (Å²) in [5, 5.41) is 3.37. The topological polar surface area (TPSA) is 41.7 Å². The van der Waals surface area contributed by atoms with Gasteiger partial charge in [-0.15, -0.1) is 11.6 Å². The van der Waals surface area contributed by atoms with E-state index < -0.39 is 0 Å². The van der Waals surface area contributed by atoms with Gasteiger partial charge in [-0.05, 0) is 62.6 Å². The number of rotatable bonds is 7. The second-order valence-electron chi connectivity index (χ2n) is 7.41. The van der Waals surface area contributed by atoms with Crippen LogP contribution < -0.4 is 5.32 Å². The van der Waals surface area contributed by atoms with Crippen LogP contribution >= 0.6 is 11.6 Å². The van der Waals surface area contributed by atoms with Crippen LogP contribution in [0.25, 0.3) is 0 Å². The van der Waals surface area contributed by atoms with Crippen molar-refractivity contribution in [1.82, 2.24) is 9.88 Å². The summed E-state index contributed by atoms with van der Waals surface area (Å²) in [6.45, 7) is 8.02. The first-order chi connectivity index (χ1) is 13.6. The molecule has 0 spiro atoms. The van der Waals surface area contributed by atoms with Crippen LogP contribution in [0, 0.1) is 11.7 Å². The molecule has 0 amide bonds. The number of aromatic nitrogens is 1. The molecular weight excluding hydrogens is 375 g/mol. The second kappa shape index (κ2) is 9.37. The van der Waals surface area contributed by atoms with Crippen molar-refractivity contribution in [2.75, 3.05) is 6.00 Å². The minimum Gasteiger partial charge on any atom is -0.363 e. The number of aliphatic imine (C=N–C) groups is 2. The zero-order valence-electron chi connectivity index (χ0n) is 16.5. The van der Waals surface area contributed by atoms with E-state index in [2.05, 4.69) is 39.7 Å². The van der Waals surface area contributed by atoms with Crippen LogP contribution in [-0.2, 0) is 0 Å². The van der Waals surface area contributed by atoms with E-state index in [1.165, 1.54) is 31.4 Å². The maximum atomic E-state index is 13.6. The van der Waals surface area contributed by atoms with E-state index in [1.807, 2.05) is 19.1 Å². The Hall–Kier alpha value is -2.14. The first-order valence-electron chi connectivity index (χ1n) is 9.87. The first-order valence-corrected chi connectivity index (χ1v) is 10.4. The molecule has 1 aliphatic carbocycles. The monoisotopic (exact) mass is 402 g/mol. The minimum atomic E-state index is -0.256. The lowest BCUT2D eigenvalue weighted by atomic mass is 10.1. The number of halogens is 2. The summed E-state index contributed by atoms with van der Waals surface area (Å²) in [7, 11) is 0. The van der Waals surface area contributed by atoms with Crippen LogP contribution in [0.5, 0.6) is 0 Å². The molecular formula is C22H28ClFN4. The highest BCUT2D eigenvalue weighted by atomic mass is 35.5. The molecule has 0 radical (unpaired) electrons. The third-order valence-electron chi connectivity index (χ3n) is 5.70. The Kier molecular flexibility index (Phi) is 6.89. The summed E-state index contributed by atoms with van der Waals surface area (Å²) in [6, 6.07) is 9.01. The zero-order chi connectivity index (χ0) is 20.1. The van der Waals surface area contributed by atoms with E-state index in [-0.39, 0.29) is 17.9 Å². The fourth-order valence-electron chi connectivity index (χ4n) is 4.09. The van der Waals surface area contributed by atoms with Gasteiger partial charge in [-0.3, -0.25) is 4.99 Å². The van der Waals surface area contributed by atoms with Crippen molar-refractivity contribution in [3.63, 3.8) is 0 Å². The lowest BCUT2D eigenvalue weighted by molar-refractivity contribution is 0.471. The highest BCUT2D eigenvalue weighted by Gasteiger charge is 2.27. The lowest BCUT2D eigenvalue weighted by Crippen LogP contribution is -2.28. The van der Waals surface area contributed by atoms with E-state index >= 15 is 0 Å². The van der Waals surface area contributed by atoms with Gasteiger partial charge in [-0.1, -0.05) is 25.5 Å². The quantitative estimate of drug-likeness (QED) is 0.262. The van der Waals surface area contributed by atoms with Crippen LogP contribution in [0.3, 0.4) is 0 Å². The van der Waals surface area contributed by atoms with Gasteiger partial charge in [-0.25, -0.2) is 9.38 Å². The Balaban J connectivity index is 1.86. The van der Waals surface area contributed by atoms with Gasteiger partial charge in [-0.2, -0.15) is 0 Å². The fraction of sp³-hybridized carbons (Fsp3) is 0.455. The standard InChI is InChI=1S/C22H28ClFN4/c1-4-16-8-9-19(12-16)28-11-10-20(22(28)25-3)21(26-14-23)27-15(2)17-6-5-7-18(24)13-17/h5-7,10-11,13,15-16,19H,3-4,8-9,12,14H2,1-2H3,(H,26,27). The van der Waals surface area contributed by atoms with Crippen molar-refractivity contribution in [2.45, 2.75) is 51.6 Å². The van der Waals surface area contributed by atoms with Gasteiger partial charge in [0.2, 0.25) is 0 Å². The summed E-state index contributed by atoms with van der Waals surface area (Å²) in [4.78, 5) is 8.75. The maximum absolute atomic E-state index is 13.6. The summed E-state index contributed by atoms with van der Waals surface area (Å²) in [6.07, 6.45) is 6.86. The third-order valence-corrected chi connectivity index (χ3v) is 5.82. The van der Waals surface area contributed by atoms with E-state index in [0.29, 0.717) is 11.9 Å². The third kappa shape index (κ3) is 4.46. The van der Waals surface area contributed by atoms with E-state index in [9.17, 15) is 4.39 Å². The SMILES string of the molecule is C=Nc1c(/C(=N\CCl)NC(C)c2cccc(F)c2)ccn1C1CCC(CC)C1. The molecule has 3 unspecified atom stereocenters. The molecule has 1 fully saturated rings. The molecule has 1 aliphatic rings. The van der Waals surface area contributed by atoms with Crippen molar-refractivity contribution >= 4 is 30.0 Å². The second-order valence-corrected chi connectivity index (χ2v) is 7.65. The van der Waals surface area contributed by atoms with Crippen molar-refractivity contribution in [1.29, 1.82) is 0 Å². The molecule has 0 bridgehead atoms. The molecule has 3 rings (SSSR count). The lowest BCUT2D eigenvalue weighted by Gasteiger charge is -2.19. The molecule has 28 heavy (non-hydrogen) atoms. The van der Waals surface area contributed by atoms with Crippen LogP contribution in [0.2, 0.25) is 0 Å². The molecule has 3 atom stereocenters. The number of nitrogens with one attached hydrogen (secondary N) is 1. The number of alkyl halides is 1. The Morgan fingerprint density at radius 1 is 1.39 bits per heavy atom. The molecule has 2 aromatic rings. The van der Waals surface area contributed by atoms with Crippen molar-refractivity contribution in [3.05, 3.63) is 53.5 Å². The molecule has 0 aliphatic heterocycles. The number of hydrogen-bond acceptors (Lipinski definition) is 2. The maximum Gasteiger partial charge on any atom is 0.143 e. The Morgan fingerprint density at radius 2 is 2.21 bits per heavy atom. The number of amidine groups is 1. The molecule has 6 heteroatoms. The predicted octanol–water partition coefficient (Wildman–Crippen LogP) is 6.00.